The number of methoxy groups -OCH3 is 1. The molecule has 6 rings (SSSR count). The number of halogens is 4. The van der Waals surface area contributed by atoms with Crippen LogP contribution in [-0.2, 0) is 17.3 Å². The predicted octanol–water partition coefficient (Wildman–Crippen LogP) is 14.6. The number of ether oxygens (including phenoxy) is 1. The lowest BCUT2D eigenvalue weighted by atomic mass is 9.79. The van der Waals surface area contributed by atoms with E-state index in [2.05, 4.69) is 202 Å². The molecule has 1 aromatic heterocycles. The molecule has 5 aromatic carbocycles. The SMILES string of the molecule is CCCCc1ccc(N(c2ccc(Br)cc2)c2ccc(Br)cc2)cc1.COc1c(-n2nc3c(Br)ccc(Br)c3n2)cc(C(C)(C)C)cc1C(C)(C)C. The van der Waals surface area contributed by atoms with Crippen LogP contribution in [0.4, 0.5) is 17.1 Å². The van der Waals surface area contributed by atoms with Gasteiger partial charge in [-0.1, -0.05) is 105 Å². The normalized spacial score (nSPS) is 11.7. The fourth-order valence-corrected chi connectivity index (χ4v) is 7.15. The number of nitrogens with zero attached hydrogens (tertiary/aromatic N) is 4. The lowest BCUT2D eigenvalue weighted by Crippen LogP contribution is -2.19. The fourth-order valence-electron chi connectivity index (χ4n) is 5.83. The third-order valence-corrected chi connectivity index (χ3v) is 11.1. The van der Waals surface area contributed by atoms with Crippen molar-refractivity contribution in [2.45, 2.75) is 78.6 Å². The monoisotopic (exact) mass is 950 g/mol. The summed E-state index contributed by atoms with van der Waals surface area (Å²) in [4.78, 5) is 3.96. The van der Waals surface area contributed by atoms with Crippen LogP contribution in [0.1, 0.15) is 78.0 Å². The van der Waals surface area contributed by atoms with Crippen molar-refractivity contribution >= 4 is 91.8 Å². The van der Waals surface area contributed by atoms with Gasteiger partial charge in [-0.25, -0.2) is 0 Å². The van der Waals surface area contributed by atoms with E-state index in [0.29, 0.717) is 0 Å². The number of aryl methyl sites for hydroxylation is 1. The topological polar surface area (TPSA) is 43.2 Å². The molecule has 6 aromatic rings. The van der Waals surface area contributed by atoms with Gasteiger partial charge in [-0.05, 0) is 146 Å². The van der Waals surface area contributed by atoms with E-state index < -0.39 is 0 Å². The zero-order valence-electron chi connectivity index (χ0n) is 31.1. The molecule has 0 unspecified atom stereocenters. The first kappa shape index (κ1) is 40.2. The second-order valence-electron chi connectivity index (χ2n) is 14.9. The Morgan fingerprint density at radius 3 is 1.50 bits per heavy atom. The minimum absolute atomic E-state index is 0.00519. The zero-order valence-corrected chi connectivity index (χ0v) is 37.4. The lowest BCUT2D eigenvalue weighted by Gasteiger charge is -2.28. The summed E-state index contributed by atoms with van der Waals surface area (Å²) >= 11 is 14.2. The van der Waals surface area contributed by atoms with Crippen molar-refractivity contribution in [2.24, 2.45) is 0 Å². The third-order valence-electron chi connectivity index (χ3n) is 8.79. The van der Waals surface area contributed by atoms with Gasteiger partial charge in [-0.15, -0.1) is 15.0 Å². The fraction of sp³-hybridized carbons (Fsp3) is 0.302. The minimum atomic E-state index is -0.0743. The van der Waals surface area contributed by atoms with Crippen molar-refractivity contribution in [1.29, 1.82) is 0 Å². The molecule has 0 bridgehead atoms. The summed E-state index contributed by atoms with van der Waals surface area (Å²) in [5.74, 6) is 0.808. The Kier molecular flexibility index (Phi) is 13.1. The largest absolute Gasteiger partial charge is 0.494 e. The van der Waals surface area contributed by atoms with Crippen LogP contribution in [0.2, 0.25) is 0 Å². The predicted molar refractivity (Wildman–Crippen MR) is 233 cm³/mol. The van der Waals surface area contributed by atoms with E-state index >= 15 is 0 Å². The Bertz CT molecular complexity index is 2030. The van der Waals surface area contributed by atoms with Gasteiger partial charge in [0.1, 0.15) is 22.5 Å². The summed E-state index contributed by atoms with van der Waals surface area (Å²) in [7, 11) is 1.71. The standard InChI is InChI=1S/C22H21Br2N.C21H25Br2N3O/c1-2-3-4-17-5-11-20(12-6-17)25(21-13-7-18(23)8-14-21)22-15-9-19(24)10-16-22;1-20(2,3)12-10-13(21(4,5)6)19(27-7)16(11-12)26-24-17-14(22)8-9-15(23)18(17)25-26/h5-16H,2-4H2,1H3;8-11H,1-7H3. The summed E-state index contributed by atoms with van der Waals surface area (Å²) in [6.07, 6.45) is 3.61. The maximum absolute atomic E-state index is 5.86. The van der Waals surface area contributed by atoms with Crippen molar-refractivity contribution in [1.82, 2.24) is 15.0 Å². The van der Waals surface area contributed by atoms with Gasteiger partial charge in [0, 0.05) is 40.5 Å². The molecule has 52 heavy (non-hydrogen) atoms. The summed E-state index contributed by atoms with van der Waals surface area (Å²) in [5, 5.41) is 9.49. The quantitative estimate of drug-likeness (QED) is 0.152. The van der Waals surface area contributed by atoms with E-state index in [4.69, 9.17) is 14.9 Å². The first-order valence-corrected chi connectivity index (χ1v) is 20.6. The molecule has 0 saturated heterocycles. The summed E-state index contributed by atoms with van der Waals surface area (Å²) in [6, 6.07) is 34.1. The number of rotatable bonds is 8. The minimum Gasteiger partial charge on any atom is -0.494 e. The molecule has 0 spiro atoms. The average molecular weight is 954 g/mol. The van der Waals surface area contributed by atoms with Crippen LogP contribution in [0.25, 0.3) is 16.7 Å². The molecular formula is C43H46Br4N4O. The highest BCUT2D eigenvalue weighted by Gasteiger charge is 2.27. The Morgan fingerprint density at radius 2 is 1.10 bits per heavy atom. The van der Waals surface area contributed by atoms with Crippen molar-refractivity contribution < 1.29 is 4.74 Å². The van der Waals surface area contributed by atoms with Crippen LogP contribution in [0.5, 0.6) is 5.75 Å². The van der Waals surface area contributed by atoms with Gasteiger partial charge in [0.25, 0.3) is 0 Å². The van der Waals surface area contributed by atoms with Gasteiger partial charge in [-0.3, -0.25) is 0 Å². The highest BCUT2D eigenvalue weighted by atomic mass is 79.9. The lowest BCUT2D eigenvalue weighted by molar-refractivity contribution is 0.392. The number of unbranched alkanes of at least 4 members (excludes halogenated alkanes) is 1. The van der Waals surface area contributed by atoms with Crippen LogP contribution in [0.15, 0.2) is 115 Å². The second-order valence-corrected chi connectivity index (χ2v) is 18.4. The van der Waals surface area contributed by atoms with E-state index in [1.807, 2.05) is 12.1 Å². The van der Waals surface area contributed by atoms with E-state index in [-0.39, 0.29) is 10.8 Å². The Morgan fingerprint density at radius 1 is 0.635 bits per heavy atom. The van der Waals surface area contributed by atoms with Crippen molar-refractivity contribution in [2.75, 3.05) is 12.0 Å². The average Bonchev–Trinajstić information content (AvgIpc) is 3.57. The number of hydrogen-bond donors (Lipinski definition) is 0. The molecule has 0 saturated carbocycles. The van der Waals surface area contributed by atoms with E-state index in [1.54, 1.807) is 11.9 Å². The molecule has 5 nitrogen and oxygen atoms in total. The van der Waals surface area contributed by atoms with Gasteiger partial charge in [0.05, 0.1) is 7.11 Å². The molecule has 9 heteroatoms. The van der Waals surface area contributed by atoms with Gasteiger partial charge < -0.3 is 9.64 Å². The van der Waals surface area contributed by atoms with Gasteiger partial charge in [0.15, 0.2) is 0 Å². The third kappa shape index (κ3) is 9.57. The molecule has 1 heterocycles. The molecule has 0 aliphatic carbocycles. The maximum atomic E-state index is 5.86. The van der Waals surface area contributed by atoms with Crippen LogP contribution < -0.4 is 9.64 Å². The van der Waals surface area contributed by atoms with Crippen LogP contribution in [-0.4, -0.2) is 22.1 Å². The molecular weight excluding hydrogens is 908 g/mol. The van der Waals surface area contributed by atoms with E-state index in [0.717, 1.165) is 63.7 Å². The Hall–Kier alpha value is -2.98. The highest BCUT2D eigenvalue weighted by Crippen LogP contribution is 2.41. The van der Waals surface area contributed by atoms with E-state index in [9.17, 15) is 0 Å². The molecule has 0 atom stereocenters. The van der Waals surface area contributed by atoms with E-state index in [1.165, 1.54) is 29.7 Å². The van der Waals surface area contributed by atoms with Crippen molar-refractivity contribution in [3.05, 3.63) is 132 Å². The van der Waals surface area contributed by atoms with Crippen molar-refractivity contribution in [3.8, 4) is 11.4 Å². The molecule has 272 valence electrons. The Labute approximate surface area is 342 Å². The summed E-state index contributed by atoms with van der Waals surface area (Å²) < 4.78 is 9.85. The molecule has 0 fully saturated rings. The van der Waals surface area contributed by atoms with Gasteiger partial charge in [-0.2, -0.15) is 0 Å². The maximum Gasteiger partial charge on any atom is 0.150 e. The molecule has 0 aliphatic heterocycles. The van der Waals surface area contributed by atoms with Crippen LogP contribution in [0.3, 0.4) is 0 Å². The van der Waals surface area contributed by atoms with Crippen LogP contribution >= 0.6 is 63.7 Å². The highest BCUT2D eigenvalue weighted by molar-refractivity contribution is 9.11. The number of anilines is 3. The number of fused-ring (bicyclic) bond motifs is 1. The van der Waals surface area contributed by atoms with Gasteiger partial charge >= 0.3 is 0 Å². The first-order chi connectivity index (χ1) is 24.6. The zero-order chi connectivity index (χ0) is 37.8. The summed E-state index contributed by atoms with van der Waals surface area (Å²) in [6.45, 7) is 15.5. The van der Waals surface area contributed by atoms with Crippen LogP contribution in [0, 0.1) is 0 Å². The molecule has 0 aliphatic rings. The smallest absolute Gasteiger partial charge is 0.150 e. The second kappa shape index (κ2) is 17.0. The Balaban J connectivity index is 0.000000202. The molecule has 0 amide bonds. The number of aromatic nitrogens is 3. The molecule has 0 N–H and O–H groups in total. The molecule has 0 radical (unpaired) electrons. The first-order valence-electron chi connectivity index (χ1n) is 17.5. The van der Waals surface area contributed by atoms with Gasteiger partial charge in [0.2, 0.25) is 0 Å². The van der Waals surface area contributed by atoms with Crippen molar-refractivity contribution in [3.63, 3.8) is 0 Å². The number of hydrogen-bond acceptors (Lipinski definition) is 4. The number of benzene rings is 5. The summed E-state index contributed by atoms with van der Waals surface area (Å²) in [5.41, 5.74) is 9.62.